The number of nitrogens with two attached hydrogens (primary N) is 1. The second kappa shape index (κ2) is 6.06. The predicted octanol–water partition coefficient (Wildman–Crippen LogP) is 2.61. The highest BCUT2D eigenvalue weighted by Gasteiger charge is 2.33. The second-order valence-corrected chi connectivity index (χ2v) is 7.72. The zero-order valence-corrected chi connectivity index (χ0v) is 12.3. The van der Waals surface area contributed by atoms with Crippen molar-refractivity contribution in [3.8, 4) is 0 Å². The van der Waals surface area contributed by atoms with Crippen molar-refractivity contribution >= 4 is 9.84 Å². The third-order valence-electron chi connectivity index (χ3n) is 3.99. The number of sulfone groups is 1. The Kier molecular flexibility index (Phi) is 4.63. The molecule has 2 N–H and O–H groups in total. The SMILES string of the molecule is CCCCS(=O)(=O)C1CCCc2ccccc2C1N. The van der Waals surface area contributed by atoms with E-state index < -0.39 is 15.1 Å². The van der Waals surface area contributed by atoms with E-state index in [0.717, 1.165) is 31.2 Å². The summed E-state index contributed by atoms with van der Waals surface area (Å²) in [6.07, 6.45) is 4.15. The number of unbranched alkanes of at least 4 members (excludes halogenated alkanes) is 1. The number of benzene rings is 1. The molecule has 1 aliphatic rings. The van der Waals surface area contributed by atoms with Gasteiger partial charge in [-0.15, -0.1) is 0 Å². The van der Waals surface area contributed by atoms with E-state index in [-0.39, 0.29) is 11.8 Å². The normalized spacial score (nSPS) is 23.7. The van der Waals surface area contributed by atoms with E-state index in [9.17, 15) is 8.42 Å². The van der Waals surface area contributed by atoms with Gasteiger partial charge in [-0.1, -0.05) is 37.6 Å². The third-order valence-corrected chi connectivity index (χ3v) is 6.30. The maximum Gasteiger partial charge on any atom is 0.155 e. The summed E-state index contributed by atoms with van der Waals surface area (Å²) in [4.78, 5) is 0. The van der Waals surface area contributed by atoms with Crippen molar-refractivity contribution in [3.63, 3.8) is 0 Å². The molecule has 1 aromatic carbocycles. The summed E-state index contributed by atoms with van der Waals surface area (Å²) in [6.45, 7) is 2.01. The van der Waals surface area contributed by atoms with Gasteiger partial charge in [-0.05, 0) is 36.8 Å². The van der Waals surface area contributed by atoms with Crippen LogP contribution in [0.3, 0.4) is 0 Å². The largest absolute Gasteiger partial charge is 0.323 e. The number of hydrogen-bond donors (Lipinski definition) is 1. The molecule has 0 saturated carbocycles. The molecule has 0 bridgehead atoms. The van der Waals surface area contributed by atoms with E-state index in [1.54, 1.807) is 0 Å². The number of fused-ring (bicyclic) bond motifs is 1. The fraction of sp³-hybridized carbons (Fsp3) is 0.600. The minimum absolute atomic E-state index is 0.268. The standard InChI is InChI=1S/C15H23NO2S/c1-2-3-11-19(17,18)14-10-6-8-12-7-4-5-9-13(12)15(14)16/h4-5,7,9,14-15H,2-3,6,8,10-11,16H2,1H3. The first-order valence-corrected chi connectivity index (χ1v) is 8.82. The van der Waals surface area contributed by atoms with Crippen LogP contribution in [0.15, 0.2) is 24.3 Å². The van der Waals surface area contributed by atoms with Crippen molar-refractivity contribution in [2.75, 3.05) is 5.75 Å². The van der Waals surface area contributed by atoms with Crippen LogP contribution in [0.5, 0.6) is 0 Å². The number of aryl methyl sites for hydroxylation is 1. The van der Waals surface area contributed by atoms with Crippen molar-refractivity contribution in [1.82, 2.24) is 0 Å². The van der Waals surface area contributed by atoms with Crippen LogP contribution in [-0.4, -0.2) is 19.4 Å². The first kappa shape index (κ1) is 14.5. The summed E-state index contributed by atoms with van der Waals surface area (Å²) < 4.78 is 24.9. The molecule has 2 rings (SSSR count). The van der Waals surface area contributed by atoms with E-state index in [1.807, 2.05) is 25.1 Å². The summed E-state index contributed by atoms with van der Waals surface area (Å²) in [5, 5.41) is -0.414. The minimum atomic E-state index is -3.09. The molecule has 2 atom stereocenters. The molecule has 0 aliphatic heterocycles. The third kappa shape index (κ3) is 3.18. The molecular formula is C15H23NO2S. The van der Waals surface area contributed by atoms with Crippen LogP contribution in [0.1, 0.15) is 49.8 Å². The Bertz CT molecular complexity index is 525. The van der Waals surface area contributed by atoms with Crippen molar-refractivity contribution in [2.45, 2.75) is 50.3 Å². The van der Waals surface area contributed by atoms with Gasteiger partial charge in [0.25, 0.3) is 0 Å². The maximum atomic E-state index is 12.4. The molecule has 0 radical (unpaired) electrons. The van der Waals surface area contributed by atoms with Gasteiger partial charge >= 0.3 is 0 Å². The monoisotopic (exact) mass is 281 g/mol. The van der Waals surface area contributed by atoms with Gasteiger partial charge in [0.05, 0.1) is 11.0 Å². The van der Waals surface area contributed by atoms with E-state index >= 15 is 0 Å². The highest BCUT2D eigenvalue weighted by atomic mass is 32.2. The molecule has 0 amide bonds. The Balaban J connectivity index is 2.29. The maximum absolute atomic E-state index is 12.4. The van der Waals surface area contributed by atoms with Crippen LogP contribution in [0, 0.1) is 0 Å². The molecule has 0 spiro atoms. The molecule has 0 aromatic heterocycles. The highest BCUT2D eigenvalue weighted by molar-refractivity contribution is 7.92. The number of hydrogen-bond acceptors (Lipinski definition) is 3. The van der Waals surface area contributed by atoms with Crippen molar-refractivity contribution < 1.29 is 8.42 Å². The van der Waals surface area contributed by atoms with Crippen molar-refractivity contribution in [1.29, 1.82) is 0 Å². The Morgan fingerprint density at radius 3 is 2.79 bits per heavy atom. The average Bonchev–Trinajstić information content (AvgIpc) is 2.57. The quantitative estimate of drug-likeness (QED) is 0.863. The van der Waals surface area contributed by atoms with Gasteiger partial charge in [-0.3, -0.25) is 0 Å². The highest BCUT2D eigenvalue weighted by Crippen LogP contribution is 2.31. The molecule has 2 unspecified atom stereocenters. The van der Waals surface area contributed by atoms with Crippen LogP contribution in [0.25, 0.3) is 0 Å². The fourth-order valence-corrected chi connectivity index (χ4v) is 4.97. The zero-order chi connectivity index (χ0) is 13.9. The number of rotatable bonds is 4. The van der Waals surface area contributed by atoms with Gasteiger partial charge < -0.3 is 5.73 Å². The van der Waals surface area contributed by atoms with Crippen molar-refractivity contribution in [2.24, 2.45) is 5.73 Å². The molecule has 0 heterocycles. The lowest BCUT2D eigenvalue weighted by Crippen LogP contribution is -2.34. The lowest BCUT2D eigenvalue weighted by molar-refractivity contribution is 0.537. The van der Waals surface area contributed by atoms with Crippen molar-refractivity contribution in [3.05, 3.63) is 35.4 Å². The van der Waals surface area contributed by atoms with E-state index in [4.69, 9.17) is 5.73 Å². The summed E-state index contributed by atoms with van der Waals surface area (Å²) in [6, 6.07) is 7.61. The summed E-state index contributed by atoms with van der Waals surface area (Å²) in [5.41, 5.74) is 8.50. The Hall–Kier alpha value is -0.870. The molecule has 106 valence electrons. The van der Waals surface area contributed by atoms with Crippen LogP contribution in [0.2, 0.25) is 0 Å². The minimum Gasteiger partial charge on any atom is -0.323 e. The first-order valence-electron chi connectivity index (χ1n) is 7.11. The molecule has 4 heteroatoms. The predicted molar refractivity (Wildman–Crippen MR) is 78.8 cm³/mol. The van der Waals surface area contributed by atoms with Gasteiger partial charge in [0.15, 0.2) is 9.84 Å². The van der Waals surface area contributed by atoms with Gasteiger partial charge in [0.1, 0.15) is 0 Å². The van der Waals surface area contributed by atoms with Gasteiger partial charge in [0.2, 0.25) is 0 Å². The Morgan fingerprint density at radius 2 is 2.05 bits per heavy atom. The van der Waals surface area contributed by atoms with Crippen LogP contribution >= 0.6 is 0 Å². The van der Waals surface area contributed by atoms with Crippen LogP contribution < -0.4 is 5.73 Å². The average molecular weight is 281 g/mol. The Labute approximate surface area is 116 Å². The molecular weight excluding hydrogens is 258 g/mol. The van der Waals surface area contributed by atoms with Gasteiger partial charge in [0, 0.05) is 6.04 Å². The van der Waals surface area contributed by atoms with Crippen LogP contribution in [-0.2, 0) is 16.3 Å². The zero-order valence-electron chi connectivity index (χ0n) is 11.5. The fourth-order valence-electron chi connectivity index (χ4n) is 2.86. The van der Waals surface area contributed by atoms with Gasteiger partial charge in [-0.2, -0.15) is 0 Å². The van der Waals surface area contributed by atoms with Crippen LogP contribution in [0.4, 0.5) is 0 Å². The van der Waals surface area contributed by atoms with E-state index in [1.165, 1.54) is 5.56 Å². The van der Waals surface area contributed by atoms with E-state index in [0.29, 0.717) is 6.42 Å². The molecule has 1 aliphatic carbocycles. The first-order chi connectivity index (χ1) is 9.06. The molecule has 1 aromatic rings. The Morgan fingerprint density at radius 1 is 1.32 bits per heavy atom. The molecule has 0 fully saturated rings. The summed E-state index contributed by atoms with van der Waals surface area (Å²) in [5.74, 6) is 0.268. The molecule has 3 nitrogen and oxygen atoms in total. The summed E-state index contributed by atoms with van der Waals surface area (Å²) in [7, 11) is -3.09. The van der Waals surface area contributed by atoms with E-state index in [2.05, 4.69) is 6.07 Å². The lowest BCUT2D eigenvalue weighted by Gasteiger charge is -2.23. The smallest absolute Gasteiger partial charge is 0.155 e. The summed E-state index contributed by atoms with van der Waals surface area (Å²) >= 11 is 0. The molecule has 19 heavy (non-hydrogen) atoms. The molecule has 0 saturated heterocycles. The topological polar surface area (TPSA) is 60.2 Å². The second-order valence-electron chi connectivity index (χ2n) is 5.38. The van der Waals surface area contributed by atoms with Gasteiger partial charge in [-0.25, -0.2) is 8.42 Å². The lowest BCUT2D eigenvalue weighted by atomic mass is 10.00.